The van der Waals surface area contributed by atoms with Gasteiger partial charge < -0.3 is 14.7 Å². The minimum atomic E-state index is -0.445. The standard InChI is InChI=1S/C17H23FN4O3/c1-13(23)19-9-11-21(12-10-19)17-15(22(24)25)6-5-14(18)16(17)20-7-3-2-4-8-20/h5-6H,2-4,7-12H2,1H3. The van der Waals surface area contributed by atoms with Crippen LogP contribution in [0.5, 0.6) is 0 Å². The number of benzene rings is 1. The minimum Gasteiger partial charge on any atom is -0.367 e. The molecule has 8 heteroatoms. The molecule has 3 rings (SSSR count). The molecule has 0 atom stereocenters. The van der Waals surface area contributed by atoms with E-state index in [0.29, 0.717) is 50.6 Å². The van der Waals surface area contributed by atoms with Gasteiger partial charge in [0.2, 0.25) is 5.91 Å². The molecule has 2 saturated heterocycles. The first-order valence-corrected chi connectivity index (χ1v) is 8.71. The summed E-state index contributed by atoms with van der Waals surface area (Å²) < 4.78 is 14.7. The number of nitro benzene ring substituents is 1. The predicted molar refractivity (Wildman–Crippen MR) is 93.6 cm³/mol. The Hall–Kier alpha value is -2.38. The highest BCUT2D eigenvalue weighted by molar-refractivity contribution is 5.82. The summed E-state index contributed by atoms with van der Waals surface area (Å²) in [4.78, 5) is 28.1. The molecule has 2 fully saturated rings. The first-order valence-electron chi connectivity index (χ1n) is 8.71. The van der Waals surface area contributed by atoms with E-state index in [1.165, 1.54) is 19.1 Å². The largest absolute Gasteiger partial charge is 0.367 e. The van der Waals surface area contributed by atoms with Crippen LogP contribution in [0.2, 0.25) is 0 Å². The van der Waals surface area contributed by atoms with Crippen molar-refractivity contribution in [2.45, 2.75) is 26.2 Å². The van der Waals surface area contributed by atoms with Gasteiger partial charge in [-0.1, -0.05) is 0 Å². The lowest BCUT2D eigenvalue weighted by Crippen LogP contribution is -2.48. The number of hydrogen-bond donors (Lipinski definition) is 0. The molecule has 2 aliphatic heterocycles. The van der Waals surface area contributed by atoms with Gasteiger partial charge in [0.1, 0.15) is 17.2 Å². The van der Waals surface area contributed by atoms with Gasteiger partial charge in [-0.3, -0.25) is 14.9 Å². The fourth-order valence-corrected chi connectivity index (χ4v) is 3.67. The summed E-state index contributed by atoms with van der Waals surface area (Å²) >= 11 is 0. The second-order valence-corrected chi connectivity index (χ2v) is 6.56. The normalized spacial score (nSPS) is 18.4. The molecule has 2 aliphatic rings. The lowest BCUT2D eigenvalue weighted by molar-refractivity contribution is -0.384. The molecule has 1 aromatic carbocycles. The quantitative estimate of drug-likeness (QED) is 0.618. The van der Waals surface area contributed by atoms with Crippen molar-refractivity contribution in [3.05, 3.63) is 28.1 Å². The number of carbonyl (C=O) groups is 1. The lowest BCUT2D eigenvalue weighted by Gasteiger charge is -2.38. The number of amides is 1. The number of hydrogen-bond acceptors (Lipinski definition) is 5. The second kappa shape index (κ2) is 7.25. The average molecular weight is 350 g/mol. The van der Waals surface area contributed by atoms with E-state index >= 15 is 0 Å². The van der Waals surface area contributed by atoms with Gasteiger partial charge in [0.05, 0.1) is 4.92 Å². The monoisotopic (exact) mass is 350 g/mol. The Balaban J connectivity index is 1.99. The summed E-state index contributed by atoms with van der Waals surface area (Å²) in [5.41, 5.74) is 0.624. The molecule has 0 bridgehead atoms. The van der Waals surface area contributed by atoms with E-state index in [-0.39, 0.29) is 11.6 Å². The van der Waals surface area contributed by atoms with Crippen molar-refractivity contribution < 1.29 is 14.1 Å². The van der Waals surface area contributed by atoms with Crippen molar-refractivity contribution in [1.82, 2.24) is 4.90 Å². The molecule has 136 valence electrons. The molecule has 25 heavy (non-hydrogen) atoms. The average Bonchev–Trinajstić information content (AvgIpc) is 2.62. The topological polar surface area (TPSA) is 69.9 Å². The Bertz CT molecular complexity index is 668. The maximum absolute atomic E-state index is 14.7. The van der Waals surface area contributed by atoms with Crippen molar-refractivity contribution in [1.29, 1.82) is 0 Å². The third kappa shape index (κ3) is 3.52. The van der Waals surface area contributed by atoms with Crippen LogP contribution < -0.4 is 9.80 Å². The van der Waals surface area contributed by atoms with Crippen LogP contribution >= 0.6 is 0 Å². The molecule has 0 N–H and O–H groups in total. The lowest BCUT2D eigenvalue weighted by atomic mass is 10.1. The maximum atomic E-state index is 14.7. The highest BCUT2D eigenvalue weighted by Gasteiger charge is 2.31. The minimum absolute atomic E-state index is 0.00959. The number of piperidine rings is 1. The van der Waals surface area contributed by atoms with Crippen LogP contribution in [0.4, 0.5) is 21.5 Å². The first kappa shape index (κ1) is 17.4. The molecule has 0 radical (unpaired) electrons. The van der Waals surface area contributed by atoms with Gasteiger partial charge in [-0.15, -0.1) is 0 Å². The van der Waals surface area contributed by atoms with Crippen LogP contribution in [0, 0.1) is 15.9 Å². The fourth-order valence-electron chi connectivity index (χ4n) is 3.67. The molecule has 0 unspecified atom stereocenters. The third-order valence-electron chi connectivity index (χ3n) is 4.99. The van der Waals surface area contributed by atoms with Crippen LogP contribution in [-0.4, -0.2) is 55.0 Å². The Morgan fingerprint density at radius 3 is 2.16 bits per heavy atom. The van der Waals surface area contributed by atoms with E-state index in [1.807, 2.05) is 9.80 Å². The zero-order valence-electron chi connectivity index (χ0n) is 14.4. The highest BCUT2D eigenvalue weighted by atomic mass is 19.1. The molecular formula is C17H23FN4O3. The maximum Gasteiger partial charge on any atom is 0.294 e. The van der Waals surface area contributed by atoms with E-state index in [0.717, 1.165) is 19.3 Å². The van der Waals surface area contributed by atoms with Crippen molar-refractivity contribution in [2.24, 2.45) is 0 Å². The summed E-state index contributed by atoms with van der Waals surface area (Å²) in [6.07, 6.45) is 3.01. The molecule has 1 aromatic rings. The van der Waals surface area contributed by atoms with Crippen LogP contribution in [0.15, 0.2) is 12.1 Å². The Morgan fingerprint density at radius 2 is 1.60 bits per heavy atom. The Morgan fingerprint density at radius 1 is 1.00 bits per heavy atom. The van der Waals surface area contributed by atoms with Gasteiger partial charge in [0.15, 0.2) is 0 Å². The van der Waals surface area contributed by atoms with Gasteiger partial charge in [0.25, 0.3) is 5.69 Å². The molecule has 1 amide bonds. The number of anilines is 2. The van der Waals surface area contributed by atoms with Crippen molar-refractivity contribution in [3.63, 3.8) is 0 Å². The smallest absolute Gasteiger partial charge is 0.294 e. The predicted octanol–water partition coefficient (Wildman–Crippen LogP) is 2.39. The van der Waals surface area contributed by atoms with Gasteiger partial charge in [-0.2, -0.15) is 0 Å². The first-order chi connectivity index (χ1) is 12.0. The van der Waals surface area contributed by atoms with Crippen LogP contribution in [0.25, 0.3) is 0 Å². The number of nitro groups is 1. The summed E-state index contributed by atoms with van der Waals surface area (Å²) in [7, 11) is 0. The van der Waals surface area contributed by atoms with E-state index in [1.54, 1.807) is 4.90 Å². The third-order valence-corrected chi connectivity index (χ3v) is 4.99. The number of rotatable bonds is 3. The zero-order valence-corrected chi connectivity index (χ0v) is 14.4. The molecule has 0 spiro atoms. The second-order valence-electron chi connectivity index (χ2n) is 6.56. The van der Waals surface area contributed by atoms with Gasteiger partial charge in [-0.25, -0.2) is 4.39 Å². The van der Waals surface area contributed by atoms with Gasteiger partial charge in [0, 0.05) is 52.3 Å². The van der Waals surface area contributed by atoms with Crippen LogP contribution in [0.1, 0.15) is 26.2 Å². The molecular weight excluding hydrogens is 327 g/mol. The molecule has 2 heterocycles. The molecule has 0 aromatic heterocycles. The Kier molecular flexibility index (Phi) is 5.06. The van der Waals surface area contributed by atoms with E-state index in [9.17, 15) is 19.3 Å². The van der Waals surface area contributed by atoms with Crippen LogP contribution in [0.3, 0.4) is 0 Å². The molecule has 7 nitrogen and oxygen atoms in total. The number of nitrogens with zero attached hydrogens (tertiary/aromatic N) is 4. The summed E-state index contributed by atoms with van der Waals surface area (Å²) in [6, 6.07) is 2.44. The van der Waals surface area contributed by atoms with E-state index < -0.39 is 10.7 Å². The SMILES string of the molecule is CC(=O)N1CCN(c2c([N+](=O)[O-])ccc(F)c2N2CCCCC2)CC1. The van der Waals surface area contributed by atoms with E-state index in [2.05, 4.69) is 0 Å². The number of piperazine rings is 1. The van der Waals surface area contributed by atoms with Crippen molar-refractivity contribution in [2.75, 3.05) is 49.1 Å². The van der Waals surface area contributed by atoms with E-state index in [4.69, 9.17) is 0 Å². The summed E-state index contributed by atoms with van der Waals surface area (Å²) in [6.45, 7) is 4.83. The fraction of sp³-hybridized carbons (Fsp3) is 0.588. The number of halogens is 1. The number of carbonyl (C=O) groups excluding carboxylic acids is 1. The van der Waals surface area contributed by atoms with Gasteiger partial charge >= 0.3 is 0 Å². The molecule has 0 aliphatic carbocycles. The van der Waals surface area contributed by atoms with Gasteiger partial charge in [-0.05, 0) is 25.3 Å². The highest BCUT2D eigenvalue weighted by Crippen LogP contribution is 2.41. The van der Waals surface area contributed by atoms with Crippen LogP contribution in [-0.2, 0) is 4.79 Å². The summed E-state index contributed by atoms with van der Waals surface area (Å²) in [5.74, 6) is -0.429. The molecule has 0 saturated carbocycles. The Labute approximate surface area is 146 Å². The summed E-state index contributed by atoms with van der Waals surface area (Å²) in [5, 5.41) is 11.6. The zero-order chi connectivity index (χ0) is 18.0. The van der Waals surface area contributed by atoms with Crippen molar-refractivity contribution >= 4 is 23.0 Å². The van der Waals surface area contributed by atoms with Crippen molar-refractivity contribution in [3.8, 4) is 0 Å².